The molecule has 2 heteroatoms. The van der Waals surface area contributed by atoms with Gasteiger partial charge < -0.3 is 9.47 Å². The van der Waals surface area contributed by atoms with Crippen LogP contribution in [0.15, 0.2) is 48.5 Å². The van der Waals surface area contributed by atoms with Gasteiger partial charge in [-0.3, -0.25) is 0 Å². The van der Waals surface area contributed by atoms with E-state index in [0.29, 0.717) is 0 Å². The minimum Gasteiger partial charge on any atom is -0.497 e. The number of rotatable bonds is 6. The van der Waals surface area contributed by atoms with Gasteiger partial charge in [0, 0.05) is 0 Å². The van der Waals surface area contributed by atoms with Crippen LogP contribution in [0, 0.1) is 0 Å². The molecule has 0 aliphatic carbocycles. The van der Waals surface area contributed by atoms with Crippen LogP contribution < -0.4 is 9.47 Å². The van der Waals surface area contributed by atoms with Crippen molar-refractivity contribution >= 4 is 0 Å². The van der Waals surface area contributed by atoms with Gasteiger partial charge >= 0.3 is 0 Å². The average Bonchev–Trinajstić information content (AvgIpc) is 2.57. The molecule has 0 heterocycles. The topological polar surface area (TPSA) is 18.5 Å². The molecule has 120 valence electrons. The summed E-state index contributed by atoms with van der Waals surface area (Å²) in [4.78, 5) is 0. The maximum absolute atomic E-state index is 5.20. The summed E-state index contributed by atoms with van der Waals surface area (Å²) in [6, 6.07) is 16.4. The third kappa shape index (κ3) is 6.21. The Bertz CT molecular complexity index is 517. The maximum Gasteiger partial charge on any atom is 0.122 e. The van der Waals surface area contributed by atoms with Crippen molar-refractivity contribution in [1.82, 2.24) is 0 Å². The normalized spacial score (nSPS) is 9.64. The first-order chi connectivity index (χ1) is 10.7. The molecule has 0 N–H and O–H groups in total. The van der Waals surface area contributed by atoms with E-state index in [1.54, 1.807) is 14.2 Å². The standard InChI is InChI=1S/2C10H14O/c1-3-6-9-7-4-5-8-10(9)11-2;1-3-4-9-5-7-10(11-2)8-6-9/h4-5,7-8H,3,6H2,1-2H3;5-8H,3-4H2,1-2H3. The molecular formula is C20H28O2. The largest absolute Gasteiger partial charge is 0.497 e. The Morgan fingerprint density at radius 1 is 0.727 bits per heavy atom. The van der Waals surface area contributed by atoms with Crippen LogP contribution in [-0.4, -0.2) is 14.2 Å². The van der Waals surface area contributed by atoms with Gasteiger partial charge in [0.15, 0.2) is 0 Å². The van der Waals surface area contributed by atoms with E-state index in [1.165, 1.54) is 24.0 Å². The SMILES string of the molecule is CCCc1ccc(OC)cc1.CCCc1ccccc1OC. The van der Waals surface area contributed by atoms with Crippen molar-refractivity contribution in [1.29, 1.82) is 0 Å². The summed E-state index contributed by atoms with van der Waals surface area (Å²) in [7, 11) is 3.41. The van der Waals surface area contributed by atoms with Gasteiger partial charge in [0.1, 0.15) is 11.5 Å². The van der Waals surface area contributed by atoms with Gasteiger partial charge in [-0.2, -0.15) is 0 Å². The van der Waals surface area contributed by atoms with Crippen molar-refractivity contribution in [3.8, 4) is 11.5 Å². The number of benzene rings is 2. The van der Waals surface area contributed by atoms with Crippen molar-refractivity contribution in [3.63, 3.8) is 0 Å². The van der Waals surface area contributed by atoms with Crippen LogP contribution in [0.5, 0.6) is 11.5 Å². The highest BCUT2D eigenvalue weighted by Crippen LogP contribution is 2.18. The summed E-state index contributed by atoms with van der Waals surface area (Å²) in [6.07, 6.45) is 4.63. The summed E-state index contributed by atoms with van der Waals surface area (Å²) in [6.45, 7) is 4.36. The lowest BCUT2D eigenvalue weighted by atomic mass is 10.1. The number of aryl methyl sites for hydroxylation is 2. The van der Waals surface area contributed by atoms with Crippen LogP contribution in [0.2, 0.25) is 0 Å². The molecule has 0 aliphatic rings. The van der Waals surface area contributed by atoms with Crippen molar-refractivity contribution < 1.29 is 9.47 Å². The van der Waals surface area contributed by atoms with E-state index in [-0.39, 0.29) is 0 Å². The Hall–Kier alpha value is -1.96. The fourth-order valence-electron chi connectivity index (χ4n) is 2.26. The monoisotopic (exact) mass is 300 g/mol. The first-order valence-electron chi connectivity index (χ1n) is 7.99. The number of para-hydroxylation sites is 1. The molecule has 0 spiro atoms. The molecule has 0 atom stereocenters. The predicted molar refractivity (Wildman–Crippen MR) is 94.0 cm³/mol. The molecule has 2 aromatic rings. The fourth-order valence-corrected chi connectivity index (χ4v) is 2.26. The summed E-state index contributed by atoms with van der Waals surface area (Å²) in [5, 5.41) is 0. The molecule has 0 aliphatic heterocycles. The van der Waals surface area contributed by atoms with E-state index in [0.717, 1.165) is 24.3 Å². The Morgan fingerprint density at radius 2 is 1.36 bits per heavy atom. The summed E-state index contributed by atoms with van der Waals surface area (Å²) < 4.78 is 10.2. The Morgan fingerprint density at radius 3 is 1.91 bits per heavy atom. The lowest BCUT2D eigenvalue weighted by Crippen LogP contribution is -1.90. The molecular weight excluding hydrogens is 272 g/mol. The third-order valence-electron chi connectivity index (χ3n) is 3.41. The zero-order valence-electron chi connectivity index (χ0n) is 14.3. The highest BCUT2D eigenvalue weighted by atomic mass is 16.5. The molecule has 2 rings (SSSR count). The average molecular weight is 300 g/mol. The van der Waals surface area contributed by atoms with E-state index < -0.39 is 0 Å². The van der Waals surface area contributed by atoms with E-state index in [1.807, 2.05) is 30.3 Å². The molecule has 2 aromatic carbocycles. The molecule has 22 heavy (non-hydrogen) atoms. The van der Waals surface area contributed by atoms with Crippen molar-refractivity contribution in [2.24, 2.45) is 0 Å². The second kappa shape index (κ2) is 10.7. The molecule has 0 saturated heterocycles. The van der Waals surface area contributed by atoms with E-state index in [9.17, 15) is 0 Å². The number of hydrogen-bond acceptors (Lipinski definition) is 2. The second-order valence-electron chi connectivity index (χ2n) is 5.16. The van der Waals surface area contributed by atoms with Crippen LogP contribution in [0.25, 0.3) is 0 Å². The Balaban J connectivity index is 0.000000220. The number of ether oxygens (including phenoxy) is 2. The van der Waals surface area contributed by atoms with Gasteiger partial charge in [-0.15, -0.1) is 0 Å². The van der Waals surface area contributed by atoms with Gasteiger partial charge in [0.25, 0.3) is 0 Å². The van der Waals surface area contributed by atoms with Crippen molar-refractivity contribution in [3.05, 3.63) is 59.7 Å². The van der Waals surface area contributed by atoms with Gasteiger partial charge in [-0.1, -0.05) is 57.0 Å². The third-order valence-corrected chi connectivity index (χ3v) is 3.41. The zero-order valence-corrected chi connectivity index (χ0v) is 14.3. The van der Waals surface area contributed by atoms with Gasteiger partial charge in [-0.25, -0.2) is 0 Å². The minimum absolute atomic E-state index is 0.935. The quantitative estimate of drug-likeness (QED) is 0.721. The van der Waals surface area contributed by atoms with Crippen LogP contribution >= 0.6 is 0 Å². The van der Waals surface area contributed by atoms with Gasteiger partial charge in [0.2, 0.25) is 0 Å². The lowest BCUT2D eigenvalue weighted by Gasteiger charge is -2.05. The molecule has 0 unspecified atom stereocenters. The van der Waals surface area contributed by atoms with Crippen LogP contribution in [0.4, 0.5) is 0 Å². The maximum atomic E-state index is 5.20. The Labute approximate surface area is 135 Å². The zero-order chi connectivity index (χ0) is 16.2. The predicted octanol–water partition coefficient (Wildman–Crippen LogP) is 5.30. The molecule has 0 saturated carbocycles. The smallest absolute Gasteiger partial charge is 0.122 e. The van der Waals surface area contributed by atoms with Gasteiger partial charge in [-0.05, 0) is 42.2 Å². The number of methoxy groups -OCH3 is 2. The second-order valence-corrected chi connectivity index (χ2v) is 5.16. The molecule has 0 radical (unpaired) electrons. The van der Waals surface area contributed by atoms with Crippen LogP contribution in [-0.2, 0) is 12.8 Å². The minimum atomic E-state index is 0.935. The molecule has 0 bridgehead atoms. The first-order valence-corrected chi connectivity index (χ1v) is 7.99. The Kier molecular flexibility index (Phi) is 8.82. The van der Waals surface area contributed by atoms with E-state index >= 15 is 0 Å². The summed E-state index contributed by atoms with van der Waals surface area (Å²) >= 11 is 0. The lowest BCUT2D eigenvalue weighted by molar-refractivity contribution is 0.409. The van der Waals surface area contributed by atoms with Crippen molar-refractivity contribution in [2.45, 2.75) is 39.5 Å². The highest BCUT2D eigenvalue weighted by Gasteiger charge is 1.97. The highest BCUT2D eigenvalue weighted by molar-refractivity contribution is 5.33. The van der Waals surface area contributed by atoms with Gasteiger partial charge in [0.05, 0.1) is 14.2 Å². The van der Waals surface area contributed by atoms with Crippen LogP contribution in [0.1, 0.15) is 37.8 Å². The number of hydrogen-bond donors (Lipinski definition) is 0. The van der Waals surface area contributed by atoms with E-state index in [2.05, 4.69) is 32.0 Å². The molecule has 0 fully saturated rings. The van der Waals surface area contributed by atoms with E-state index in [4.69, 9.17) is 9.47 Å². The fraction of sp³-hybridized carbons (Fsp3) is 0.400. The summed E-state index contributed by atoms with van der Waals surface area (Å²) in [5.41, 5.74) is 2.69. The van der Waals surface area contributed by atoms with Crippen molar-refractivity contribution in [2.75, 3.05) is 14.2 Å². The molecule has 2 nitrogen and oxygen atoms in total. The molecule has 0 aromatic heterocycles. The summed E-state index contributed by atoms with van der Waals surface area (Å²) in [5.74, 6) is 1.94. The van der Waals surface area contributed by atoms with Crippen LogP contribution in [0.3, 0.4) is 0 Å². The first kappa shape index (κ1) is 18.1. The molecule has 0 amide bonds.